The summed E-state index contributed by atoms with van der Waals surface area (Å²) < 4.78 is 1.76. The lowest BCUT2D eigenvalue weighted by Gasteiger charge is -2.26. The minimum Gasteiger partial charge on any atom is -0.332 e. The topological polar surface area (TPSA) is 79.2 Å². The molecule has 8 nitrogen and oxygen atoms in total. The first-order valence-corrected chi connectivity index (χ1v) is 9.81. The maximum atomic E-state index is 12.8. The molecule has 0 aliphatic carbocycles. The van der Waals surface area contributed by atoms with Crippen molar-refractivity contribution in [1.29, 1.82) is 0 Å². The van der Waals surface area contributed by atoms with Crippen LogP contribution < -0.4 is 5.32 Å². The number of rotatable bonds is 6. The summed E-state index contributed by atoms with van der Waals surface area (Å²) in [5, 5.41) is 12.6. The summed E-state index contributed by atoms with van der Waals surface area (Å²) in [5.74, 6) is -0.129. The summed E-state index contributed by atoms with van der Waals surface area (Å²) >= 11 is 1.66. The summed E-state index contributed by atoms with van der Waals surface area (Å²) in [6, 6.07) is -0.0987. The van der Waals surface area contributed by atoms with E-state index in [1.165, 1.54) is 0 Å². The Bertz CT molecular complexity index is 750. The lowest BCUT2D eigenvalue weighted by Crippen LogP contribution is -2.44. The second-order valence-corrected chi connectivity index (χ2v) is 8.13. The minimum absolute atomic E-state index is 0.0987. The van der Waals surface area contributed by atoms with Crippen molar-refractivity contribution < 1.29 is 4.79 Å². The van der Waals surface area contributed by atoms with Crippen LogP contribution in [0.4, 0.5) is 0 Å². The highest BCUT2D eigenvalue weighted by Gasteiger charge is 2.24. The molecule has 1 amide bonds. The Hall–Kier alpha value is -1.84. The molecule has 1 aliphatic heterocycles. The zero-order valence-electron chi connectivity index (χ0n) is 15.9. The molecular weight excluding hydrogens is 350 g/mol. The van der Waals surface area contributed by atoms with Crippen molar-refractivity contribution in [3.05, 3.63) is 27.5 Å². The molecule has 142 valence electrons. The molecule has 0 radical (unpaired) electrons. The third kappa shape index (κ3) is 4.28. The van der Waals surface area contributed by atoms with E-state index >= 15 is 0 Å². The second-order valence-electron chi connectivity index (χ2n) is 6.72. The quantitative estimate of drug-likeness (QED) is 0.812. The molecule has 0 unspecified atom stereocenters. The number of hydrogen-bond acceptors (Lipinski definition) is 7. The van der Waals surface area contributed by atoms with Gasteiger partial charge in [-0.25, -0.2) is 4.98 Å². The van der Waals surface area contributed by atoms with Crippen molar-refractivity contribution in [3.8, 4) is 0 Å². The van der Waals surface area contributed by atoms with Crippen molar-refractivity contribution in [2.24, 2.45) is 0 Å². The van der Waals surface area contributed by atoms with Gasteiger partial charge in [-0.15, -0.1) is 16.4 Å². The molecule has 26 heavy (non-hydrogen) atoms. The van der Waals surface area contributed by atoms with Gasteiger partial charge >= 0.3 is 0 Å². The molecule has 1 saturated heterocycles. The predicted octanol–water partition coefficient (Wildman–Crippen LogP) is 1.09. The third-order valence-electron chi connectivity index (χ3n) is 4.85. The van der Waals surface area contributed by atoms with E-state index in [1.54, 1.807) is 34.2 Å². The molecule has 1 N–H and O–H groups in total. The average Bonchev–Trinajstić information content (AvgIpc) is 3.25. The van der Waals surface area contributed by atoms with Crippen LogP contribution in [0.3, 0.4) is 0 Å². The Balaban J connectivity index is 1.60. The van der Waals surface area contributed by atoms with E-state index in [-0.39, 0.29) is 11.9 Å². The second kappa shape index (κ2) is 8.24. The third-order valence-corrected chi connectivity index (χ3v) is 5.75. The summed E-state index contributed by atoms with van der Waals surface area (Å²) in [6.07, 6.45) is 1.74. The molecule has 1 fully saturated rings. The fourth-order valence-corrected chi connectivity index (χ4v) is 4.06. The number of thiazole rings is 1. The van der Waals surface area contributed by atoms with Gasteiger partial charge in [0.05, 0.1) is 29.5 Å². The average molecular weight is 378 g/mol. The van der Waals surface area contributed by atoms with Crippen LogP contribution in [-0.4, -0.2) is 75.5 Å². The molecule has 0 saturated carbocycles. The minimum atomic E-state index is -0.129. The Kier molecular flexibility index (Phi) is 6.00. The molecule has 3 rings (SSSR count). The Morgan fingerprint density at radius 2 is 2.08 bits per heavy atom. The standard InChI is InChI=1S/C17H27N7OS/c1-12(16-13(2)26-14(3)19-16)22(4)17(25)15-11-24(21-20-15)10-9-23-7-5-18-6-8-23/h11-12,18H,5-10H2,1-4H3/t12-/m0/s1. The van der Waals surface area contributed by atoms with Crippen LogP contribution in [0.25, 0.3) is 0 Å². The molecule has 9 heteroatoms. The van der Waals surface area contributed by atoms with Gasteiger partial charge in [0, 0.05) is 44.6 Å². The van der Waals surface area contributed by atoms with Crippen LogP contribution in [0.2, 0.25) is 0 Å². The van der Waals surface area contributed by atoms with Gasteiger partial charge in [-0.05, 0) is 20.8 Å². The molecule has 0 spiro atoms. The van der Waals surface area contributed by atoms with Crippen LogP contribution in [-0.2, 0) is 6.54 Å². The van der Waals surface area contributed by atoms with Crippen molar-refractivity contribution in [3.63, 3.8) is 0 Å². The Labute approximate surface area is 158 Å². The molecule has 0 aromatic carbocycles. The fraction of sp³-hybridized carbons (Fsp3) is 0.647. The molecular formula is C17H27N7OS. The molecule has 1 atom stereocenters. The van der Waals surface area contributed by atoms with Crippen molar-refractivity contribution in [2.45, 2.75) is 33.4 Å². The normalized spacial score (nSPS) is 16.6. The van der Waals surface area contributed by atoms with E-state index in [1.807, 2.05) is 20.8 Å². The SMILES string of the molecule is Cc1nc([C@H](C)N(C)C(=O)c2cn(CCN3CCNCC3)nn2)c(C)s1. The van der Waals surface area contributed by atoms with Crippen LogP contribution in [0.1, 0.15) is 39.0 Å². The van der Waals surface area contributed by atoms with E-state index in [0.29, 0.717) is 5.69 Å². The zero-order valence-corrected chi connectivity index (χ0v) is 16.7. The first-order valence-electron chi connectivity index (χ1n) is 9.00. The van der Waals surface area contributed by atoms with Gasteiger partial charge in [-0.3, -0.25) is 14.4 Å². The molecule has 2 aromatic heterocycles. The van der Waals surface area contributed by atoms with Crippen molar-refractivity contribution in [1.82, 2.24) is 35.1 Å². The van der Waals surface area contributed by atoms with E-state index in [4.69, 9.17) is 0 Å². The van der Waals surface area contributed by atoms with E-state index in [2.05, 4.69) is 25.5 Å². The summed E-state index contributed by atoms with van der Waals surface area (Å²) in [7, 11) is 1.79. The molecule has 0 bridgehead atoms. The van der Waals surface area contributed by atoms with Gasteiger partial charge in [0.1, 0.15) is 0 Å². The largest absolute Gasteiger partial charge is 0.332 e. The number of nitrogens with zero attached hydrogens (tertiary/aromatic N) is 6. The molecule has 2 aromatic rings. The molecule has 3 heterocycles. The van der Waals surface area contributed by atoms with Gasteiger partial charge in [0.15, 0.2) is 5.69 Å². The van der Waals surface area contributed by atoms with Gasteiger partial charge in [-0.1, -0.05) is 5.21 Å². The number of hydrogen-bond donors (Lipinski definition) is 1. The van der Waals surface area contributed by atoms with Crippen LogP contribution in [0.15, 0.2) is 6.20 Å². The zero-order chi connectivity index (χ0) is 18.7. The summed E-state index contributed by atoms with van der Waals surface area (Å²) in [6.45, 7) is 11.8. The first kappa shape index (κ1) is 18.9. The van der Waals surface area contributed by atoms with Crippen molar-refractivity contribution >= 4 is 17.2 Å². The highest BCUT2D eigenvalue weighted by Crippen LogP contribution is 2.26. The maximum absolute atomic E-state index is 12.8. The van der Waals surface area contributed by atoms with Crippen LogP contribution in [0.5, 0.6) is 0 Å². The lowest BCUT2D eigenvalue weighted by atomic mass is 10.2. The van der Waals surface area contributed by atoms with Crippen LogP contribution in [0, 0.1) is 13.8 Å². The van der Waals surface area contributed by atoms with Gasteiger partial charge in [0.2, 0.25) is 0 Å². The van der Waals surface area contributed by atoms with Gasteiger partial charge in [0.25, 0.3) is 5.91 Å². The van der Waals surface area contributed by atoms with E-state index in [9.17, 15) is 4.79 Å². The van der Waals surface area contributed by atoms with Crippen LogP contribution >= 0.6 is 11.3 Å². The number of carbonyl (C=O) groups excluding carboxylic acids is 1. The maximum Gasteiger partial charge on any atom is 0.276 e. The lowest BCUT2D eigenvalue weighted by molar-refractivity contribution is 0.0733. The number of aryl methyl sites for hydroxylation is 2. The van der Waals surface area contributed by atoms with Gasteiger partial charge in [-0.2, -0.15) is 0 Å². The van der Waals surface area contributed by atoms with Crippen molar-refractivity contribution in [2.75, 3.05) is 39.8 Å². The summed E-state index contributed by atoms with van der Waals surface area (Å²) in [5.41, 5.74) is 1.33. The van der Waals surface area contributed by atoms with E-state index in [0.717, 1.165) is 54.8 Å². The summed E-state index contributed by atoms with van der Waals surface area (Å²) in [4.78, 5) is 22.6. The van der Waals surface area contributed by atoms with E-state index < -0.39 is 0 Å². The monoisotopic (exact) mass is 377 g/mol. The van der Waals surface area contributed by atoms with Gasteiger partial charge < -0.3 is 10.2 Å². The predicted molar refractivity (Wildman–Crippen MR) is 101 cm³/mol. The number of nitrogens with one attached hydrogen (secondary N) is 1. The highest BCUT2D eigenvalue weighted by atomic mass is 32.1. The highest BCUT2D eigenvalue weighted by molar-refractivity contribution is 7.11. The molecule has 1 aliphatic rings. The Morgan fingerprint density at radius 3 is 2.73 bits per heavy atom. The smallest absolute Gasteiger partial charge is 0.276 e. The first-order chi connectivity index (χ1) is 12.5. The number of piperazine rings is 1. The number of amides is 1. The fourth-order valence-electron chi connectivity index (χ4n) is 3.16. The number of carbonyl (C=O) groups is 1. The number of aromatic nitrogens is 4. The Morgan fingerprint density at radius 1 is 1.35 bits per heavy atom.